The highest BCUT2D eigenvalue weighted by Gasteiger charge is 2.29. The number of carbonyl (C=O) groups is 1. The van der Waals surface area contributed by atoms with Crippen LogP contribution in [0.3, 0.4) is 0 Å². The fraction of sp³-hybridized carbons (Fsp3) is 0.444. The molecule has 6 nitrogen and oxygen atoms in total. The van der Waals surface area contributed by atoms with E-state index in [-0.39, 0.29) is 23.0 Å². The molecule has 0 spiro atoms. The molecular weight excluding hydrogens is 412 g/mol. The first-order valence-electron chi connectivity index (χ1n) is 11.6. The highest BCUT2D eigenvalue weighted by molar-refractivity contribution is 5.78. The van der Waals surface area contributed by atoms with Gasteiger partial charge in [-0.3, -0.25) is 9.36 Å². The van der Waals surface area contributed by atoms with Crippen LogP contribution in [0.5, 0.6) is 0 Å². The average Bonchev–Trinajstić information content (AvgIpc) is 2.72. The molecule has 3 aromatic rings. The summed E-state index contributed by atoms with van der Waals surface area (Å²) in [6.07, 6.45) is 0. The van der Waals surface area contributed by atoms with E-state index in [1.165, 1.54) is 0 Å². The molecule has 0 saturated carbocycles. The van der Waals surface area contributed by atoms with Gasteiger partial charge in [0.05, 0.1) is 22.6 Å². The topological polar surface area (TPSA) is 67.2 Å². The second kappa shape index (κ2) is 9.38. The van der Waals surface area contributed by atoms with E-state index in [0.717, 1.165) is 16.8 Å². The molecule has 3 rings (SSSR count). The van der Waals surface area contributed by atoms with Crippen LogP contribution in [0.4, 0.5) is 4.79 Å². The van der Waals surface area contributed by atoms with Crippen molar-refractivity contribution in [3.05, 3.63) is 69.8 Å². The molecule has 33 heavy (non-hydrogen) atoms. The Labute approximate surface area is 196 Å². The van der Waals surface area contributed by atoms with Gasteiger partial charge in [0.1, 0.15) is 5.82 Å². The van der Waals surface area contributed by atoms with Crippen molar-refractivity contribution in [2.45, 2.75) is 67.0 Å². The monoisotopic (exact) mass is 448 g/mol. The number of hydrogen-bond donors (Lipinski definition) is 1. The summed E-state index contributed by atoms with van der Waals surface area (Å²) in [5.74, 6) is 0.798. The molecule has 0 saturated heterocycles. The molecule has 0 radical (unpaired) electrons. The second-order valence-corrected chi connectivity index (χ2v) is 10.3. The number of nitrogens with one attached hydrogen (secondary N) is 1. The predicted octanol–water partition coefficient (Wildman–Crippen LogP) is 5.53. The number of fused-ring (bicyclic) bond motifs is 1. The van der Waals surface area contributed by atoms with Gasteiger partial charge in [-0.1, -0.05) is 32.0 Å². The predicted molar refractivity (Wildman–Crippen MR) is 135 cm³/mol. The number of para-hydroxylation sites is 1. The van der Waals surface area contributed by atoms with E-state index in [4.69, 9.17) is 4.98 Å². The third-order valence-electron chi connectivity index (χ3n) is 5.70. The van der Waals surface area contributed by atoms with E-state index in [1.54, 1.807) is 15.5 Å². The standard InChI is InChI=1S/C27H36N4O2/c1-17(2)16-30(26(33)29-27(6,7)8)20(5)24-28-23-12-10-9-11-22(23)25(32)31(24)21-14-13-18(3)19(4)15-21/h9-15,17,20H,16H2,1-8H3,(H,29,33). The van der Waals surface area contributed by atoms with Crippen molar-refractivity contribution >= 4 is 16.9 Å². The Kier molecular flexibility index (Phi) is 6.96. The summed E-state index contributed by atoms with van der Waals surface area (Å²) >= 11 is 0. The fourth-order valence-corrected chi connectivity index (χ4v) is 3.89. The van der Waals surface area contributed by atoms with E-state index < -0.39 is 6.04 Å². The van der Waals surface area contributed by atoms with Gasteiger partial charge in [-0.15, -0.1) is 0 Å². The molecule has 0 bridgehead atoms. The number of nitrogens with zero attached hydrogens (tertiary/aromatic N) is 3. The maximum atomic E-state index is 13.7. The molecule has 1 aromatic heterocycles. The minimum atomic E-state index is -0.423. The maximum absolute atomic E-state index is 13.7. The molecule has 1 atom stereocenters. The number of amides is 2. The number of benzene rings is 2. The first kappa shape index (κ1) is 24.5. The van der Waals surface area contributed by atoms with E-state index in [9.17, 15) is 9.59 Å². The normalized spacial score (nSPS) is 12.8. The van der Waals surface area contributed by atoms with Gasteiger partial charge in [0.25, 0.3) is 5.56 Å². The Bertz CT molecular complexity index is 1220. The molecule has 2 amide bonds. The van der Waals surface area contributed by atoms with Crippen molar-refractivity contribution in [2.75, 3.05) is 6.54 Å². The van der Waals surface area contributed by atoms with Crippen LogP contribution in [0.2, 0.25) is 0 Å². The number of aryl methyl sites for hydroxylation is 2. The summed E-state index contributed by atoms with van der Waals surface area (Å²) in [4.78, 5) is 33.7. The first-order chi connectivity index (χ1) is 15.4. The van der Waals surface area contributed by atoms with E-state index >= 15 is 0 Å². The third-order valence-corrected chi connectivity index (χ3v) is 5.70. The van der Waals surface area contributed by atoms with Gasteiger partial charge in [0.15, 0.2) is 0 Å². The van der Waals surface area contributed by atoms with Crippen molar-refractivity contribution in [3.63, 3.8) is 0 Å². The second-order valence-electron chi connectivity index (χ2n) is 10.3. The zero-order valence-corrected chi connectivity index (χ0v) is 21.1. The SMILES string of the molecule is Cc1ccc(-n2c(C(C)N(CC(C)C)C(=O)NC(C)(C)C)nc3ccccc3c2=O)cc1C. The molecule has 0 fully saturated rings. The smallest absolute Gasteiger partial charge is 0.318 e. The van der Waals surface area contributed by atoms with Gasteiger partial charge >= 0.3 is 6.03 Å². The zero-order valence-electron chi connectivity index (χ0n) is 21.1. The van der Waals surface area contributed by atoms with Crippen LogP contribution in [-0.4, -0.2) is 32.6 Å². The van der Waals surface area contributed by atoms with Gasteiger partial charge in [-0.2, -0.15) is 0 Å². The van der Waals surface area contributed by atoms with E-state index in [1.807, 2.05) is 77.9 Å². The minimum absolute atomic E-state index is 0.133. The summed E-state index contributed by atoms with van der Waals surface area (Å²) in [6.45, 7) is 16.6. The molecule has 0 aliphatic heterocycles. The lowest BCUT2D eigenvalue weighted by Gasteiger charge is -2.34. The van der Waals surface area contributed by atoms with Crippen molar-refractivity contribution in [1.29, 1.82) is 0 Å². The summed E-state index contributed by atoms with van der Waals surface area (Å²) < 4.78 is 1.66. The van der Waals surface area contributed by atoms with Gasteiger partial charge in [0.2, 0.25) is 0 Å². The fourth-order valence-electron chi connectivity index (χ4n) is 3.89. The number of rotatable bonds is 5. The van der Waals surface area contributed by atoms with Crippen molar-refractivity contribution < 1.29 is 4.79 Å². The van der Waals surface area contributed by atoms with Gasteiger partial charge < -0.3 is 10.2 Å². The van der Waals surface area contributed by atoms with Gasteiger partial charge in [-0.25, -0.2) is 9.78 Å². The summed E-state index contributed by atoms with van der Waals surface area (Å²) in [7, 11) is 0. The molecule has 0 aliphatic rings. The van der Waals surface area contributed by atoms with Crippen molar-refractivity contribution in [2.24, 2.45) is 5.92 Å². The summed E-state index contributed by atoms with van der Waals surface area (Å²) in [5, 5.41) is 3.63. The highest BCUT2D eigenvalue weighted by Crippen LogP contribution is 2.25. The van der Waals surface area contributed by atoms with Gasteiger partial charge in [-0.05, 0) is 82.9 Å². The third kappa shape index (κ3) is 5.44. The minimum Gasteiger partial charge on any atom is -0.333 e. The Hall–Kier alpha value is -3.15. The van der Waals surface area contributed by atoms with Crippen LogP contribution in [-0.2, 0) is 0 Å². The van der Waals surface area contributed by atoms with Crippen LogP contribution >= 0.6 is 0 Å². The van der Waals surface area contributed by atoms with Crippen molar-refractivity contribution in [1.82, 2.24) is 19.8 Å². The van der Waals surface area contributed by atoms with Gasteiger partial charge in [0, 0.05) is 12.1 Å². The summed E-state index contributed by atoms with van der Waals surface area (Å²) in [5.41, 5.74) is 3.12. The molecule has 1 unspecified atom stereocenters. The van der Waals surface area contributed by atoms with E-state index in [0.29, 0.717) is 23.3 Å². The Morgan fingerprint density at radius 1 is 1.06 bits per heavy atom. The molecule has 0 aliphatic carbocycles. The Balaban J connectivity index is 2.25. The molecule has 1 heterocycles. The van der Waals surface area contributed by atoms with E-state index in [2.05, 4.69) is 19.2 Å². The van der Waals surface area contributed by atoms with Crippen LogP contribution in [0, 0.1) is 19.8 Å². The van der Waals surface area contributed by atoms with Crippen LogP contribution in [0.25, 0.3) is 16.6 Å². The lowest BCUT2D eigenvalue weighted by atomic mass is 10.1. The lowest BCUT2D eigenvalue weighted by Crippen LogP contribution is -2.50. The molecule has 6 heteroatoms. The van der Waals surface area contributed by atoms with Crippen molar-refractivity contribution in [3.8, 4) is 5.69 Å². The maximum Gasteiger partial charge on any atom is 0.318 e. The molecule has 1 N–H and O–H groups in total. The highest BCUT2D eigenvalue weighted by atomic mass is 16.2. The molecule has 2 aromatic carbocycles. The Morgan fingerprint density at radius 2 is 1.73 bits per heavy atom. The van der Waals surface area contributed by atoms with Crippen LogP contribution in [0.1, 0.15) is 64.5 Å². The number of urea groups is 1. The summed E-state index contributed by atoms with van der Waals surface area (Å²) in [6, 6.07) is 12.7. The zero-order chi connectivity index (χ0) is 24.5. The van der Waals surface area contributed by atoms with Crippen LogP contribution in [0.15, 0.2) is 47.3 Å². The number of hydrogen-bond acceptors (Lipinski definition) is 3. The molecule has 176 valence electrons. The largest absolute Gasteiger partial charge is 0.333 e. The lowest BCUT2D eigenvalue weighted by molar-refractivity contribution is 0.158. The quantitative estimate of drug-likeness (QED) is 0.558. The number of aromatic nitrogens is 2. The average molecular weight is 449 g/mol. The molecular formula is C27H36N4O2. The van der Waals surface area contributed by atoms with Crippen LogP contribution < -0.4 is 10.9 Å². The number of carbonyl (C=O) groups excluding carboxylic acids is 1. The Morgan fingerprint density at radius 3 is 2.33 bits per heavy atom. The first-order valence-corrected chi connectivity index (χ1v) is 11.6.